The number of fused-ring (bicyclic) bond motifs is 2. The number of carbonyl (C=O) groups is 2. The number of anilines is 1. The van der Waals surface area contributed by atoms with Crippen LogP contribution in [0.3, 0.4) is 0 Å². The summed E-state index contributed by atoms with van der Waals surface area (Å²) in [5.41, 5.74) is 1.78. The number of carbonyl (C=O) groups excluding carboxylic acids is 2. The third kappa shape index (κ3) is 10.0. The number of nitrogens with zero attached hydrogens (tertiary/aromatic N) is 3. The molecule has 252 valence electrons. The van der Waals surface area contributed by atoms with Crippen LogP contribution in [0.1, 0.15) is 64.7 Å². The molecule has 0 aliphatic carbocycles. The van der Waals surface area contributed by atoms with Gasteiger partial charge in [-0.3, -0.25) is 23.9 Å². The van der Waals surface area contributed by atoms with Gasteiger partial charge in [-0.25, -0.2) is 0 Å². The Morgan fingerprint density at radius 2 is 1.72 bits per heavy atom. The van der Waals surface area contributed by atoms with Crippen LogP contribution in [0.4, 0.5) is 5.69 Å². The van der Waals surface area contributed by atoms with Crippen molar-refractivity contribution in [1.29, 1.82) is 0 Å². The van der Waals surface area contributed by atoms with Gasteiger partial charge in [0.05, 0.1) is 17.8 Å². The minimum atomic E-state index is -0.403. The standard InChI is InChI=1S/C37H48N4O5S/c1-2-3-4-5-13-35(42)38-19-10-14-37(44)46-28-41-32-26-30(17-15-29(32)16-18-36(41)43)45-25-9-8-20-39-21-23-40(24-22-39)33-27-47-34-12-7-6-11-31(33)34/h6-7,11-12,15-18,26-27H,2-5,8-10,13-14,19-25,28H2,1H3,(H,38,42). The maximum absolute atomic E-state index is 12.7. The number of unbranched alkanes of at least 4 members (excludes halogenated alkanes) is 4. The third-order valence-electron chi connectivity index (χ3n) is 8.77. The SMILES string of the molecule is CCCCCCC(=O)NCCCC(=O)OCn1c(=O)ccc2ccc(OCCCCN3CCN(c4csc5ccccc45)CC3)cc21. The van der Waals surface area contributed by atoms with Crippen molar-refractivity contribution in [2.45, 2.75) is 71.4 Å². The van der Waals surface area contributed by atoms with Crippen molar-refractivity contribution in [1.82, 2.24) is 14.8 Å². The van der Waals surface area contributed by atoms with Gasteiger partial charge in [-0.1, -0.05) is 44.4 Å². The summed E-state index contributed by atoms with van der Waals surface area (Å²) in [5, 5.41) is 7.37. The Bertz CT molecular complexity index is 1660. The monoisotopic (exact) mass is 660 g/mol. The molecule has 9 nitrogen and oxygen atoms in total. The van der Waals surface area contributed by atoms with Gasteiger partial charge in [0.2, 0.25) is 5.91 Å². The van der Waals surface area contributed by atoms with E-state index < -0.39 is 5.97 Å². The van der Waals surface area contributed by atoms with Crippen LogP contribution in [0.15, 0.2) is 64.8 Å². The number of thiophene rings is 1. The van der Waals surface area contributed by atoms with Crippen LogP contribution in [0.25, 0.3) is 21.0 Å². The van der Waals surface area contributed by atoms with Gasteiger partial charge in [-0.15, -0.1) is 11.3 Å². The fourth-order valence-corrected chi connectivity index (χ4v) is 6.98. The van der Waals surface area contributed by atoms with E-state index in [1.54, 1.807) is 6.07 Å². The van der Waals surface area contributed by atoms with E-state index in [0.29, 0.717) is 37.3 Å². The lowest BCUT2D eigenvalue weighted by Gasteiger charge is -2.35. The average Bonchev–Trinajstić information content (AvgIpc) is 3.52. The number of piperazine rings is 1. The summed E-state index contributed by atoms with van der Waals surface area (Å²) < 4.78 is 14.3. The first-order valence-corrected chi connectivity index (χ1v) is 18.0. The molecule has 2 aromatic carbocycles. The lowest BCUT2D eigenvalue weighted by molar-refractivity contribution is -0.147. The van der Waals surface area contributed by atoms with Gasteiger partial charge in [-0.05, 0) is 61.9 Å². The van der Waals surface area contributed by atoms with E-state index in [0.717, 1.165) is 76.6 Å². The highest BCUT2D eigenvalue weighted by Crippen LogP contribution is 2.33. The third-order valence-corrected chi connectivity index (χ3v) is 9.72. The summed E-state index contributed by atoms with van der Waals surface area (Å²) in [6.45, 7) is 8.26. The van der Waals surface area contributed by atoms with Crippen LogP contribution >= 0.6 is 11.3 Å². The Hall–Kier alpha value is -3.89. The van der Waals surface area contributed by atoms with E-state index in [9.17, 15) is 14.4 Å². The molecule has 1 aliphatic rings. The van der Waals surface area contributed by atoms with Crippen LogP contribution in [0, 0.1) is 0 Å². The molecule has 0 radical (unpaired) electrons. The molecule has 10 heteroatoms. The van der Waals surface area contributed by atoms with Crippen molar-refractivity contribution in [3.05, 3.63) is 70.3 Å². The van der Waals surface area contributed by atoms with Crippen LogP contribution in [0.2, 0.25) is 0 Å². The normalized spacial score (nSPS) is 13.7. The first-order valence-electron chi connectivity index (χ1n) is 17.1. The Morgan fingerprint density at radius 1 is 0.894 bits per heavy atom. The predicted octanol–water partition coefficient (Wildman–Crippen LogP) is 6.56. The fourth-order valence-electron chi connectivity index (χ4n) is 6.01. The first-order chi connectivity index (χ1) is 23.0. The lowest BCUT2D eigenvalue weighted by atomic mass is 10.1. The molecule has 1 fully saturated rings. The van der Waals surface area contributed by atoms with Crippen LogP contribution < -0.4 is 20.5 Å². The number of nitrogens with one attached hydrogen (secondary N) is 1. The summed E-state index contributed by atoms with van der Waals surface area (Å²) in [6.07, 6.45) is 7.40. The molecule has 1 saturated heterocycles. The molecule has 2 aromatic heterocycles. The van der Waals surface area contributed by atoms with Gasteiger partial charge in [-0.2, -0.15) is 0 Å². The zero-order valence-corrected chi connectivity index (χ0v) is 28.4. The molecule has 0 atom stereocenters. The number of benzene rings is 2. The number of rotatable bonds is 18. The van der Waals surface area contributed by atoms with Crippen molar-refractivity contribution < 1.29 is 19.1 Å². The Morgan fingerprint density at radius 3 is 2.57 bits per heavy atom. The second-order valence-corrected chi connectivity index (χ2v) is 13.1. The summed E-state index contributed by atoms with van der Waals surface area (Å²) in [4.78, 5) is 42.0. The number of pyridine rings is 1. The highest BCUT2D eigenvalue weighted by molar-refractivity contribution is 7.17. The van der Waals surface area contributed by atoms with E-state index in [1.165, 1.54) is 26.4 Å². The van der Waals surface area contributed by atoms with Gasteiger partial charge >= 0.3 is 5.97 Å². The van der Waals surface area contributed by atoms with Crippen LogP contribution in [-0.4, -0.2) is 67.2 Å². The van der Waals surface area contributed by atoms with Crippen molar-refractivity contribution in [2.24, 2.45) is 0 Å². The number of hydrogen-bond donors (Lipinski definition) is 1. The number of hydrogen-bond acceptors (Lipinski definition) is 8. The highest BCUT2D eigenvalue weighted by Gasteiger charge is 2.19. The molecule has 0 spiro atoms. The van der Waals surface area contributed by atoms with Crippen molar-refractivity contribution >= 4 is 49.9 Å². The Labute approximate surface area is 281 Å². The molecule has 47 heavy (non-hydrogen) atoms. The van der Waals surface area contributed by atoms with Gasteiger partial charge in [0, 0.05) is 73.2 Å². The molecule has 1 amide bonds. The van der Waals surface area contributed by atoms with Gasteiger partial charge in [0.25, 0.3) is 5.56 Å². The fraction of sp³-hybridized carbons (Fsp3) is 0.486. The Balaban J connectivity index is 1.01. The van der Waals surface area contributed by atoms with E-state index in [4.69, 9.17) is 9.47 Å². The van der Waals surface area contributed by atoms with Crippen molar-refractivity contribution in [3.8, 4) is 5.75 Å². The molecular weight excluding hydrogens is 612 g/mol. The summed E-state index contributed by atoms with van der Waals surface area (Å²) in [6, 6.07) is 17.6. The molecule has 0 saturated carbocycles. The summed E-state index contributed by atoms with van der Waals surface area (Å²) in [7, 11) is 0. The zero-order valence-electron chi connectivity index (χ0n) is 27.6. The molecule has 3 heterocycles. The maximum atomic E-state index is 12.7. The van der Waals surface area contributed by atoms with Crippen molar-refractivity contribution in [3.63, 3.8) is 0 Å². The predicted molar refractivity (Wildman–Crippen MR) is 191 cm³/mol. The highest BCUT2D eigenvalue weighted by atomic mass is 32.1. The van der Waals surface area contributed by atoms with Crippen LogP contribution in [-0.2, 0) is 21.1 Å². The van der Waals surface area contributed by atoms with Gasteiger partial charge in [0.15, 0.2) is 6.73 Å². The van der Waals surface area contributed by atoms with E-state index >= 15 is 0 Å². The molecule has 4 aromatic rings. The minimum Gasteiger partial charge on any atom is -0.494 e. The molecule has 1 N–H and O–H groups in total. The van der Waals surface area contributed by atoms with Gasteiger partial charge < -0.3 is 19.7 Å². The summed E-state index contributed by atoms with van der Waals surface area (Å²) >= 11 is 1.82. The molecule has 0 bridgehead atoms. The van der Waals surface area contributed by atoms with Gasteiger partial charge in [0.1, 0.15) is 5.75 Å². The topological polar surface area (TPSA) is 93.1 Å². The minimum absolute atomic E-state index is 0.0206. The zero-order chi connectivity index (χ0) is 32.8. The second-order valence-electron chi connectivity index (χ2n) is 12.2. The molecule has 5 rings (SSSR count). The second kappa shape index (κ2) is 17.9. The average molecular weight is 661 g/mol. The molecular formula is C37H48N4O5S. The first kappa shape index (κ1) is 34.4. The quantitative estimate of drug-likeness (QED) is 0.0954. The molecule has 1 aliphatic heterocycles. The number of amides is 1. The van der Waals surface area contributed by atoms with E-state index in [2.05, 4.69) is 51.7 Å². The lowest BCUT2D eigenvalue weighted by Crippen LogP contribution is -2.46. The van der Waals surface area contributed by atoms with E-state index in [1.807, 2.05) is 29.5 Å². The largest absolute Gasteiger partial charge is 0.494 e. The van der Waals surface area contributed by atoms with Crippen molar-refractivity contribution in [2.75, 3.05) is 50.8 Å². The maximum Gasteiger partial charge on any atom is 0.307 e. The number of aromatic nitrogens is 1. The summed E-state index contributed by atoms with van der Waals surface area (Å²) in [5.74, 6) is 0.303. The Kier molecular flexibility index (Phi) is 13.1. The molecule has 0 unspecified atom stereocenters. The smallest absolute Gasteiger partial charge is 0.307 e. The van der Waals surface area contributed by atoms with E-state index in [-0.39, 0.29) is 24.6 Å². The van der Waals surface area contributed by atoms with Crippen LogP contribution in [0.5, 0.6) is 5.75 Å². The number of esters is 1. The number of ether oxygens (including phenoxy) is 2.